The van der Waals surface area contributed by atoms with Crippen molar-refractivity contribution in [2.24, 2.45) is 15.0 Å². The molecule has 8 aromatic rings. The molecule has 0 amide bonds. The lowest BCUT2D eigenvalue weighted by Gasteiger charge is -2.09. The Morgan fingerprint density at radius 3 is 1.91 bits per heavy atom. The molecular formula is C40H28N4S. The van der Waals surface area contributed by atoms with Crippen LogP contribution in [0.15, 0.2) is 161 Å². The average molecular weight is 597 g/mol. The molecule has 0 unspecified atom stereocenters. The van der Waals surface area contributed by atoms with Crippen LogP contribution < -0.4 is 0 Å². The maximum Gasteiger partial charge on any atom is 0.161 e. The molecule has 0 bridgehead atoms. The Morgan fingerprint density at radius 1 is 0.578 bits per heavy atom. The predicted molar refractivity (Wildman–Crippen MR) is 193 cm³/mol. The molecule has 2 heterocycles. The van der Waals surface area contributed by atoms with Crippen LogP contribution in [0.1, 0.15) is 16.7 Å². The lowest BCUT2D eigenvalue weighted by Crippen LogP contribution is -2.05. The highest BCUT2D eigenvalue weighted by Gasteiger charge is 2.15. The second-order valence-corrected chi connectivity index (χ2v) is 12.0. The van der Waals surface area contributed by atoms with Crippen LogP contribution in [-0.4, -0.2) is 23.0 Å². The summed E-state index contributed by atoms with van der Waals surface area (Å²) < 4.78 is 4.74. The highest BCUT2D eigenvalue weighted by Crippen LogP contribution is 2.36. The van der Waals surface area contributed by atoms with Crippen molar-refractivity contribution in [1.29, 1.82) is 0 Å². The Kier molecular flexibility index (Phi) is 6.86. The van der Waals surface area contributed by atoms with Gasteiger partial charge in [-0.1, -0.05) is 109 Å². The summed E-state index contributed by atoms with van der Waals surface area (Å²) >= 11 is 1.77. The van der Waals surface area contributed by atoms with Crippen molar-refractivity contribution in [3.8, 4) is 5.69 Å². The fraction of sp³-hybridized carbons (Fsp3) is 0.0250. The van der Waals surface area contributed by atoms with E-state index in [1.807, 2.05) is 30.3 Å². The van der Waals surface area contributed by atoms with E-state index in [0.717, 1.165) is 22.4 Å². The quantitative estimate of drug-likeness (QED) is 0.140. The topological polar surface area (TPSA) is 42.0 Å². The number of aliphatic imine (C=N–C) groups is 3. The lowest BCUT2D eigenvalue weighted by molar-refractivity contribution is 1.06. The van der Waals surface area contributed by atoms with Gasteiger partial charge in [0.05, 0.1) is 17.6 Å². The molecule has 0 atom stereocenters. The van der Waals surface area contributed by atoms with Crippen LogP contribution in [0.2, 0.25) is 0 Å². The van der Waals surface area contributed by atoms with E-state index < -0.39 is 0 Å². The number of nitrogens with zero attached hydrogens (tertiary/aromatic N) is 4. The van der Waals surface area contributed by atoms with Crippen molar-refractivity contribution in [2.45, 2.75) is 6.54 Å². The molecule has 4 nitrogen and oxygen atoms in total. The van der Waals surface area contributed by atoms with Gasteiger partial charge in [-0.05, 0) is 48.7 Å². The van der Waals surface area contributed by atoms with Crippen LogP contribution in [0.25, 0.3) is 47.7 Å². The van der Waals surface area contributed by atoms with Crippen LogP contribution in [0, 0.1) is 0 Å². The normalized spacial score (nSPS) is 12.4. The van der Waals surface area contributed by atoms with Gasteiger partial charge in [0.15, 0.2) is 11.7 Å². The lowest BCUT2D eigenvalue weighted by atomic mass is 10.1. The zero-order valence-electron chi connectivity index (χ0n) is 24.5. The molecule has 0 radical (unpaired) electrons. The molecule has 6 aromatic carbocycles. The van der Waals surface area contributed by atoms with Crippen molar-refractivity contribution in [3.63, 3.8) is 0 Å². The summed E-state index contributed by atoms with van der Waals surface area (Å²) in [6.07, 6.45) is 0. The number of thiophene rings is 1. The van der Waals surface area contributed by atoms with Crippen LogP contribution in [0.5, 0.6) is 0 Å². The molecule has 45 heavy (non-hydrogen) atoms. The largest absolute Gasteiger partial charge is 0.309 e. The molecule has 0 saturated heterocycles. The fourth-order valence-corrected chi connectivity index (χ4v) is 7.31. The highest BCUT2D eigenvalue weighted by atomic mass is 32.1. The van der Waals surface area contributed by atoms with Crippen LogP contribution in [0.4, 0.5) is 0 Å². The van der Waals surface area contributed by atoms with Gasteiger partial charge in [-0.2, -0.15) is 0 Å². The van der Waals surface area contributed by atoms with E-state index in [-0.39, 0.29) is 0 Å². The van der Waals surface area contributed by atoms with E-state index in [2.05, 4.69) is 132 Å². The number of fused-ring (bicyclic) bond motifs is 6. The average Bonchev–Trinajstić information content (AvgIpc) is 3.65. The summed E-state index contributed by atoms with van der Waals surface area (Å²) in [6.45, 7) is 4.32. The van der Waals surface area contributed by atoms with E-state index in [1.54, 1.807) is 11.3 Å². The molecule has 5 heteroatoms. The summed E-state index contributed by atoms with van der Waals surface area (Å²) in [4.78, 5) is 14.5. The first-order chi connectivity index (χ1) is 22.3. The number of benzene rings is 6. The third kappa shape index (κ3) is 4.84. The fourth-order valence-electron chi connectivity index (χ4n) is 6.10. The van der Waals surface area contributed by atoms with Crippen LogP contribution >= 0.6 is 11.3 Å². The molecular weight excluding hydrogens is 569 g/mol. The molecule has 0 fully saturated rings. The van der Waals surface area contributed by atoms with E-state index in [9.17, 15) is 0 Å². The maximum absolute atomic E-state index is 5.13. The van der Waals surface area contributed by atoms with E-state index >= 15 is 0 Å². The van der Waals surface area contributed by atoms with Gasteiger partial charge in [0.1, 0.15) is 0 Å². The van der Waals surface area contributed by atoms with Crippen molar-refractivity contribution in [3.05, 3.63) is 162 Å². The molecule has 2 aromatic heterocycles. The Hall–Kier alpha value is -5.65. The summed E-state index contributed by atoms with van der Waals surface area (Å²) in [7, 11) is 0. The van der Waals surface area contributed by atoms with Crippen molar-refractivity contribution >= 4 is 71.7 Å². The second-order valence-electron chi connectivity index (χ2n) is 10.9. The molecule has 0 spiro atoms. The van der Waals surface area contributed by atoms with Crippen molar-refractivity contribution in [1.82, 2.24) is 4.57 Å². The Bertz CT molecular complexity index is 2360. The van der Waals surface area contributed by atoms with Gasteiger partial charge in [-0.3, -0.25) is 4.99 Å². The van der Waals surface area contributed by atoms with Crippen LogP contribution in [-0.2, 0) is 6.54 Å². The van der Waals surface area contributed by atoms with Gasteiger partial charge < -0.3 is 4.57 Å². The van der Waals surface area contributed by atoms with E-state index in [1.165, 1.54) is 42.0 Å². The predicted octanol–water partition coefficient (Wildman–Crippen LogP) is 10.2. The van der Waals surface area contributed by atoms with E-state index in [4.69, 9.17) is 9.98 Å². The molecule has 0 aliphatic carbocycles. The van der Waals surface area contributed by atoms with Crippen molar-refractivity contribution < 1.29 is 0 Å². The molecule has 0 aliphatic rings. The van der Waals surface area contributed by atoms with Gasteiger partial charge in [-0.25, -0.2) is 9.98 Å². The third-order valence-electron chi connectivity index (χ3n) is 8.22. The number of hydrogen-bond donors (Lipinski definition) is 0. The first-order valence-corrected chi connectivity index (χ1v) is 15.7. The molecule has 0 saturated carbocycles. The summed E-state index contributed by atoms with van der Waals surface area (Å²) in [5.41, 5.74) is 6.51. The monoisotopic (exact) mass is 596 g/mol. The van der Waals surface area contributed by atoms with Gasteiger partial charge in [0, 0.05) is 47.8 Å². The molecule has 0 N–H and O–H groups in total. The van der Waals surface area contributed by atoms with Crippen molar-refractivity contribution in [2.75, 3.05) is 0 Å². The Balaban J connectivity index is 1.22. The van der Waals surface area contributed by atoms with Gasteiger partial charge in [0.2, 0.25) is 0 Å². The van der Waals surface area contributed by atoms with Gasteiger partial charge >= 0.3 is 0 Å². The Labute approximate surface area is 265 Å². The minimum Gasteiger partial charge on any atom is -0.309 e. The first-order valence-electron chi connectivity index (χ1n) is 14.9. The number of aromatic nitrogens is 1. The molecule has 8 rings (SSSR count). The number of hydrogen-bond acceptors (Lipinski definition) is 2. The van der Waals surface area contributed by atoms with Gasteiger partial charge in [-0.15, -0.1) is 11.3 Å². The molecule has 214 valence electrons. The van der Waals surface area contributed by atoms with Crippen LogP contribution in [0.3, 0.4) is 0 Å². The number of rotatable bonds is 5. The second kappa shape index (κ2) is 11.5. The zero-order chi connectivity index (χ0) is 30.2. The maximum atomic E-state index is 5.13. The zero-order valence-corrected chi connectivity index (χ0v) is 25.3. The smallest absolute Gasteiger partial charge is 0.161 e. The minimum atomic E-state index is 0.479. The Morgan fingerprint density at radius 2 is 1.20 bits per heavy atom. The van der Waals surface area contributed by atoms with E-state index in [0.29, 0.717) is 18.2 Å². The SMILES string of the molecule is C=NC(=NC(=NCc1ccc(-n2c3ccccc3c3ccccc32)cc1)c1cccc2c1sc1ccccc12)c1ccccc1. The van der Waals surface area contributed by atoms with Gasteiger partial charge in [0.25, 0.3) is 0 Å². The first kappa shape index (κ1) is 26.9. The standard InChI is InChI=1S/C40H28N4S/c1-41-39(28-12-3-2-4-13-28)43-40(34-18-11-17-33-32-16-7-10-21-37(32)45-38(33)34)42-26-27-22-24-29(25-23-27)44-35-19-8-5-14-30(35)31-15-6-9-20-36(31)44/h2-25H,1,26H2. The minimum absolute atomic E-state index is 0.479. The summed E-state index contributed by atoms with van der Waals surface area (Å²) in [5.74, 6) is 1.19. The number of amidine groups is 2. The molecule has 0 aliphatic heterocycles. The highest BCUT2D eigenvalue weighted by molar-refractivity contribution is 7.26. The summed E-state index contributed by atoms with van der Waals surface area (Å²) in [5, 5.41) is 4.96. The summed E-state index contributed by atoms with van der Waals surface area (Å²) in [6, 6.07) is 50.7. The third-order valence-corrected chi connectivity index (χ3v) is 9.44. The number of para-hydroxylation sites is 2.